The minimum Gasteiger partial charge on any atom is -0.254 e. The molecule has 0 bridgehead atoms. The molecule has 0 aliphatic carbocycles. The highest BCUT2D eigenvalue weighted by Gasteiger charge is 2.06. The Morgan fingerprint density at radius 1 is 0.941 bits per heavy atom. The first-order valence-corrected chi connectivity index (χ1v) is 6.17. The van der Waals surface area contributed by atoms with Crippen molar-refractivity contribution in [2.45, 2.75) is 0 Å². The van der Waals surface area contributed by atoms with Crippen LogP contribution in [-0.2, 0) is 0 Å². The normalized spacial score (nSPS) is 11.5. The van der Waals surface area contributed by atoms with Gasteiger partial charge in [0.2, 0.25) is 0 Å². The lowest BCUT2D eigenvalue weighted by atomic mass is 10.1. The van der Waals surface area contributed by atoms with Gasteiger partial charge in [-0.05, 0) is 12.1 Å². The number of aromatic nitrogens is 3. The van der Waals surface area contributed by atoms with Crippen LogP contribution in [0.4, 0.5) is 0 Å². The Bertz CT molecular complexity index is 851. The number of benzene rings is 1. The van der Waals surface area contributed by atoms with Gasteiger partial charge in [-0.25, -0.2) is 9.97 Å². The summed E-state index contributed by atoms with van der Waals surface area (Å²) in [4.78, 5) is 14.3. The van der Waals surface area contributed by atoms with E-state index in [4.69, 9.17) is 0 Å². The third kappa shape index (κ3) is 1.24. The quantitative estimate of drug-likeness (QED) is 0.440. The van der Waals surface area contributed by atoms with Crippen molar-refractivity contribution in [2.24, 2.45) is 0 Å². The molecule has 80 valence electrons. The predicted octanol–water partition coefficient (Wildman–Crippen LogP) is 3.39. The van der Waals surface area contributed by atoms with Crippen molar-refractivity contribution in [3.05, 3.63) is 42.0 Å². The van der Waals surface area contributed by atoms with Crippen LogP contribution in [0, 0.1) is 0 Å². The topological polar surface area (TPSA) is 38.7 Å². The summed E-state index contributed by atoms with van der Waals surface area (Å²) >= 11 is 1.56. The standard InChI is InChI=1S/C13H7N3S/c1-2-8-3-4-9-6-10-13(17-7-15-10)16-12(9)11(8)14-5-1/h1-7H. The third-order valence-corrected chi connectivity index (χ3v) is 3.59. The molecular formula is C13H7N3S. The lowest BCUT2D eigenvalue weighted by molar-refractivity contribution is 1.40. The molecule has 3 aromatic heterocycles. The number of fused-ring (bicyclic) bond motifs is 4. The Morgan fingerprint density at radius 2 is 1.88 bits per heavy atom. The lowest BCUT2D eigenvalue weighted by Gasteiger charge is -2.01. The van der Waals surface area contributed by atoms with Crippen molar-refractivity contribution in [3.8, 4) is 0 Å². The van der Waals surface area contributed by atoms with E-state index < -0.39 is 0 Å². The van der Waals surface area contributed by atoms with Crippen molar-refractivity contribution in [1.82, 2.24) is 15.0 Å². The average molecular weight is 237 g/mol. The number of pyridine rings is 2. The maximum atomic E-state index is 4.66. The zero-order chi connectivity index (χ0) is 11.2. The van der Waals surface area contributed by atoms with Gasteiger partial charge in [0, 0.05) is 17.0 Å². The van der Waals surface area contributed by atoms with Gasteiger partial charge in [-0.3, -0.25) is 4.98 Å². The summed E-state index contributed by atoms with van der Waals surface area (Å²) < 4.78 is 0. The van der Waals surface area contributed by atoms with Crippen molar-refractivity contribution >= 4 is 43.5 Å². The number of hydrogen-bond donors (Lipinski definition) is 0. The fraction of sp³-hybridized carbons (Fsp3) is 0. The van der Waals surface area contributed by atoms with Crippen LogP contribution in [0.2, 0.25) is 0 Å². The molecule has 0 amide bonds. The molecule has 0 aliphatic rings. The van der Waals surface area contributed by atoms with E-state index in [1.807, 2.05) is 11.6 Å². The van der Waals surface area contributed by atoms with E-state index in [0.717, 1.165) is 32.2 Å². The van der Waals surface area contributed by atoms with Crippen LogP contribution in [0.3, 0.4) is 0 Å². The Morgan fingerprint density at radius 3 is 2.88 bits per heavy atom. The number of nitrogens with zero attached hydrogens (tertiary/aromatic N) is 3. The largest absolute Gasteiger partial charge is 0.254 e. The van der Waals surface area contributed by atoms with Crippen LogP contribution in [0.1, 0.15) is 0 Å². The molecule has 4 rings (SSSR count). The van der Waals surface area contributed by atoms with Gasteiger partial charge in [-0.2, -0.15) is 0 Å². The van der Waals surface area contributed by atoms with Gasteiger partial charge in [0.15, 0.2) is 0 Å². The third-order valence-electron chi connectivity index (χ3n) is 2.86. The molecule has 17 heavy (non-hydrogen) atoms. The molecule has 0 unspecified atom stereocenters. The highest BCUT2D eigenvalue weighted by molar-refractivity contribution is 7.16. The van der Waals surface area contributed by atoms with Crippen LogP contribution in [0.15, 0.2) is 42.0 Å². The molecule has 4 heteroatoms. The molecule has 0 N–H and O–H groups in total. The first kappa shape index (κ1) is 9.01. The summed E-state index contributed by atoms with van der Waals surface area (Å²) in [6.45, 7) is 0. The Kier molecular flexibility index (Phi) is 1.70. The Balaban J connectivity index is 2.30. The molecule has 0 radical (unpaired) electrons. The molecule has 0 aliphatic heterocycles. The van der Waals surface area contributed by atoms with Gasteiger partial charge in [0.05, 0.1) is 16.5 Å². The molecule has 0 saturated carbocycles. The summed E-state index contributed by atoms with van der Waals surface area (Å²) in [6, 6.07) is 10.2. The highest BCUT2D eigenvalue weighted by atomic mass is 32.1. The molecule has 0 atom stereocenters. The van der Waals surface area contributed by atoms with E-state index in [1.165, 1.54) is 0 Å². The van der Waals surface area contributed by atoms with Crippen LogP contribution < -0.4 is 0 Å². The second-order valence-corrected chi connectivity index (χ2v) is 4.71. The van der Waals surface area contributed by atoms with Crippen LogP contribution in [-0.4, -0.2) is 15.0 Å². The number of rotatable bonds is 0. The SMILES string of the molecule is c1cnc2c(c1)ccc1cc3ncsc3nc12. The van der Waals surface area contributed by atoms with E-state index in [-0.39, 0.29) is 0 Å². The average Bonchev–Trinajstić information content (AvgIpc) is 2.83. The van der Waals surface area contributed by atoms with Gasteiger partial charge >= 0.3 is 0 Å². The van der Waals surface area contributed by atoms with Crippen molar-refractivity contribution in [1.29, 1.82) is 0 Å². The maximum Gasteiger partial charge on any atom is 0.144 e. The fourth-order valence-corrected chi connectivity index (χ4v) is 2.70. The van der Waals surface area contributed by atoms with E-state index >= 15 is 0 Å². The lowest BCUT2D eigenvalue weighted by Crippen LogP contribution is -1.84. The second kappa shape index (κ2) is 3.21. The molecule has 3 heterocycles. The molecule has 0 fully saturated rings. The highest BCUT2D eigenvalue weighted by Crippen LogP contribution is 2.26. The Hall–Kier alpha value is -2.07. The molecular weight excluding hydrogens is 230 g/mol. The summed E-state index contributed by atoms with van der Waals surface area (Å²) in [5, 5.41) is 2.21. The zero-order valence-corrected chi connectivity index (χ0v) is 9.61. The molecule has 0 saturated heterocycles. The van der Waals surface area contributed by atoms with Crippen molar-refractivity contribution in [3.63, 3.8) is 0 Å². The fourth-order valence-electron chi connectivity index (χ4n) is 2.06. The van der Waals surface area contributed by atoms with Crippen molar-refractivity contribution < 1.29 is 0 Å². The second-order valence-electron chi connectivity index (χ2n) is 3.88. The minimum atomic E-state index is 0.956. The zero-order valence-electron chi connectivity index (χ0n) is 8.79. The first-order chi connectivity index (χ1) is 8.42. The molecule has 3 nitrogen and oxygen atoms in total. The van der Waals surface area contributed by atoms with E-state index in [9.17, 15) is 0 Å². The van der Waals surface area contributed by atoms with Gasteiger partial charge < -0.3 is 0 Å². The predicted molar refractivity (Wildman–Crippen MR) is 70.2 cm³/mol. The number of thiazole rings is 1. The Labute approximate surface area is 101 Å². The van der Waals surface area contributed by atoms with E-state index in [1.54, 1.807) is 17.5 Å². The summed E-state index contributed by atoms with van der Waals surface area (Å²) in [5.41, 5.74) is 4.70. The van der Waals surface area contributed by atoms with Crippen LogP contribution >= 0.6 is 11.3 Å². The summed E-state index contributed by atoms with van der Waals surface area (Å²) in [7, 11) is 0. The van der Waals surface area contributed by atoms with Gasteiger partial charge in [-0.1, -0.05) is 18.2 Å². The van der Waals surface area contributed by atoms with Crippen molar-refractivity contribution in [2.75, 3.05) is 0 Å². The minimum absolute atomic E-state index is 0.956. The van der Waals surface area contributed by atoms with Gasteiger partial charge in [0.1, 0.15) is 10.3 Å². The maximum absolute atomic E-state index is 4.66. The van der Waals surface area contributed by atoms with Gasteiger partial charge in [-0.15, -0.1) is 11.3 Å². The molecule has 0 spiro atoms. The van der Waals surface area contributed by atoms with Crippen LogP contribution in [0.25, 0.3) is 32.2 Å². The van der Waals surface area contributed by atoms with Gasteiger partial charge in [0.25, 0.3) is 0 Å². The van der Waals surface area contributed by atoms with Crippen LogP contribution in [0.5, 0.6) is 0 Å². The molecule has 4 aromatic rings. The van der Waals surface area contributed by atoms with E-state index in [0.29, 0.717) is 0 Å². The molecule has 1 aromatic carbocycles. The monoisotopic (exact) mass is 237 g/mol. The van der Waals surface area contributed by atoms with E-state index in [2.05, 4.69) is 39.2 Å². The smallest absolute Gasteiger partial charge is 0.144 e. The summed E-state index contributed by atoms with van der Waals surface area (Å²) in [5.74, 6) is 0. The summed E-state index contributed by atoms with van der Waals surface area (Å²) in [6.07, 6.45) is 1.81. The first-order valence-electron chi connectivity index (χ1n) is 5.29. The number of hydrogen-bond acceptors (Lipinski definition) is 4.